The van der Waals surface area contributed by atoms with E-state index in [1.165, 1.54) is 0 Å². The Morgan fingerprint density at radius 1 is 1.28 bits per heavy atom. The molecule has 2 N–H and O–H groups in total. The van der Waals surface area contributed by atoms with Crippen LogP contribution in [0.4, 0.5) is 11.5 Å². The zero-order valence-corrected chi connectivity index (χ0v) is 10.7. The molecule has 5 heteroatoms. The standard InChI is InChI=1S/C13H19N3O2/c1-10-8-11(14)12(15-9-10)16-4-2-13(3-5-16)17-6-7-18-13/h8-9H,2-7,14H2,1H3. The zero-order chi connectivity index (χ0) is 12.6. The van der Waals surface area contributed by atoms with E-state index in [9.17, 15) is 0 Å². The summed E-state index contributed by atoms with van der Waals surface area (Å²) >= 11 is 0. The van der Waals surface area contributed by atoms with Crippen molar-refractivity contribution in [3.8, 4) is 0 Å². The Morgan fingerprint density at radius 3 is 2.56 bits per heavy atom. The molecule has 2 saturated heterocycles. The van der Waals surface area contributed by atoms with Gasteiger partial charge in [0.2, 0.25) is 0 Å². The van der Waals surface area contributed by atoms with Crippen LogP contribution in [0.2, 0.25) is 0 Å². The fourth-order valence-electron chi connectivity index (χ4n) is 2.69. The number of hydrogen-bond donors (Lipinski definition) is 1. The lowest BCUT2D eigenvalue weighted by Gasteiger charge is -2.38. The molecule has 1 aromatic heterocycles. The van der Waals surface area contributed by atoms with Crippen molar-refractivity contribution in [2.45, 2.75) is 25.6 Å². The molecule has 2 fully saturated rings. The summed E-state index contributed by atoms with van der Waals surface area (Å²) in [6, 6.07) is 1.97. The minimum Gasteiger partial charge on any atom is -0.396 e. The van der Waals surface area contributed by atoms with Crippen LogP contribution in [0, 0.1) is 6.92 Å². The highest BCUT2D eigenvalue weighted by Crippen LogP contribution is 2.34. The van der Waals surface area contributed by atoms with Crippen molar-refractivity contribution in [3.05, 3.63) is 17.8 Å². The first-order valence-corrected chi connectivity index (χ1v) is 6.44. The topological polar surface area (TPSA) is 60.6 Å². The molecule has 0 aromatic carbocycles. The monoisotopic (exact) mass is 249 g/mol. The van der Waals surface area contributed by atoms with Crippen LogP contribution in [0.25, 0.3) is 0 Å². The van der Waals surface area contributed by atoms with E-state index >= 15 is 0 Å². The van der Waals surface area contributed by atoms with Crippen LogP contribution in [-0.2, 0) is 9.47 Å². The molecule has 0 unspecified atom stereocenters. The molecule has 0 bridgehead atoms. The predicted octanol–water partition coefficient (Wildman–Crippen LogP) is 1.32. The van der Waals surface area contributed by atoms with Gasteiger partial charge in [-0.2, -0.15) is 0 Å². The first kappa shape index (κ1) is 11.7. The second kappa shape index (κ2) is 4.40. The average Bonchev–Trinajstić information content (AvgIpc) is 2.80. The fraction of sp³-hybridized carbons (Fsp3) is 0.615. The summed E-state index contributed by atoms with van der Waals surface area (Å²) < 4.78 is 11.4. The van der Waals surface area contributed by atoms with Crippen molar-refractivity contribution >= 4 is 11.5 Å². The molecule has 0 aliphatic carbocycles. The largest absolute Gasteiger partial charge is 0.396 e. The number of pyridine rings is 1. The number of ether oxygens (including phenoxy) is 2. The molecule has 2 aliphatic heterocycles. The van der Waals surface area contributed by atoms with Gasteiger partial charge >= 0.3 is 0 Å². The first-order chi connectivity index (χ1) is 8.69. The molecule has 0 saturated carbocycles. The SMILES string of the molecule is Cc1cnc(N2CCC3(CC2)OCCO3)c(N)c1. The predicted molar refractivity (Wildman–Crippen MR) is 69.5 cm³/mol. The summed E-state index contributed by atoms with van der Waals surface area (Å²) in [6.45, 7) is 5.18. The molecule has 98 valence electrons. The first-order valence-electron chi connectivity index (χ1n) is 6.44. The van der Waals surface area contributed by atoms with E-state index < -0.39 is 0 Å². The summed E-state index contributed by atoms with van der Waals surface area (Å²) in [7, 11) is 0. The van der Waals surface area contributed by atoms with Crippen molar-refractivity contribution in [2.24, 2.45) is 0 Å². The van der Waals surface area contributed by atoms with Gasteiger partial charge in [-0.25, -0.2) is 4.98 Å². The number of hydrogen-bond acceptors (Lipinski definition) is 5. The summed E-state index contributed by atoms with van der Waals surface area (Å²) in [5.74, 6) is 0.545. The van der Waals surface area contributed by atoms with Crippen LogP contribution in [-0.4, -0.2) is 37.1 Å². The number of nitrogens with two attached hydrogens (primary N) is 1. The smallest absolute Gasteiger partial charge is 0.171 e. The van der Waals surface area contributed by atoms with Crippen molar-refractivity contribution in [3.63, 3.8) is 0 Å². The summed E-state index contributed by atoms with van der Waals surface area (Å²) in [5.41, 5.74) is 7.87. The Kier molecular flexibility index (Phi) is 2.87. The minimum atomic E-state index is -0.337. The number of anilines is 2. The summed E-state index contributed by atoms with van der Waals surface area (Å²) in [6.07, 6.45) is 3.61. The van der Waals surface area contributed by atoms with Crippen molar-refractivity contribution in [1.82, 2.24) is 4.98 Å². The number of piperidine rings is 1. The molecular formula is C13H19N3O2. The maximum Gasteiger partial charge on any atom is 0.171 e. The fourth-order valence-corrected chi connectivity index (χ4v) is 2.69. The van der Waals surface area contributed by atoms with Crippen LogP contribution >= 0.6 is 0 Å². The number of rotatable bonds is 1. The van der Waals surface area contributed by atoms with Crippen LogP contribution in [0.3, 0.4) is 0 Å². The Morgan fingerprint density at radius 2 is 1.94 bits per heavy atom. The number of nitrogens with zero attached hydrogens (tertiary/aromatic N) is 2. The number of aryl methyl sites for hydroxylation is 1. The molecule has 0 atom stereocenters. The third-order valence-corrected chi connectivity index (χ3v) is 3.67. The third kappa shape index (κ3) is 2.04. The molecule has 0 amide bonds. The maximum atomic E-state index is 6.03. The molecule has 1 spiro atoms. The zero-order valence-electron chi connectivity index (χ0n) is 10.7. The minimum absolute atomic E-state index is 0.337. The van der Waals surface area contributed by atoms with Crippen LogP contribution < -0.4 is 10.6 Å². The van der Waals surface area contributed by atoms with E-state index in [1.807, 2.05) is 19.2 Å². The second-order valence-corrected chi connectivity index (χ2v) is 5.02. The highest BCUT2D eigenvalue weighted by molar-refractivity contribution is 5.63. The van der Waals surface area contributed by atoms with Gasteiger partial charge in [-0.1, -0.05) is 0 Å². The Balaban J connectivity index is 1.72. The molecule has 3 heterocycles. The lowest BCUT2D eigenvalue weighted by Crippen LogP contribution is -2.45. The maximum absolute atomic E-state index is 6.03. The summed E-state index contributed by atoms with van der Waals surface area (Å²) in [5, 5.41) is 0. The van der Waals surface area contributed by atoms with E-state index in [-0.39, 0.29) is 5.79 Å². The second-order valence-electron chi connectivity index (χ2n) is 5.02. The lowest BCUT2D eigenvalue weighted by atomic mass is 10.0. The van der Waals surface area contributed by atoms with Crippen LogP contribution in [0.15, 0.2) is 12.3 Å². The normalized spacial score (nSPS) is 22.6. The molecule has 2 aliphatic rings. The van der Waals surface area contributed by atoms with Crippen molar-refractivity contribution in [1.29, 1.82) is 0 Å². The van der Waals surface area contributed by atoms with E-state index in [0.717, 1.165) is 43.0 Å². The van der Waals surface area contributed by atoms with E-state index in [4.69, 9.17) is 15.2 Å². The van der Waals surface area contributed by atoms with Gasteiger partial charge < -0.3 is 20.1 Å². The van der Waals surface area contributed by atoms with Crippen molar-refractivity contribution < 1.29 is 9.47 Å². The van der Waals surface area contributed by atoms with Gasteiger partial charge in [0, 0.05) is 32.1 Å². The van der Waals surface area contributed by atoms with Crippen molar-refractivity contribution in [2.75, 3.05) is 36.9 Å². The molecule has 18 heavy (non-hydrogen) atoms. The van der Waals surface area contributed by atoms with E-state index in [1.54, 1.807) is 0 Å². The van der Waals surface area contributed by atoms with Gasteiger partial charge in [0.05, 0.1) is 18.9 Å². The third-order valence-electron chi connectivity index (χ3n) is 3.67. The van der Waals surface area contributed by atoms with Gasteiger partial charge in [0.1, 0.15) is 0 Å². The highest BCUT2D eigenvalue weighted by Gasteiger charge is 2.40. The molecular weight excluding hydrogens is 230 g/mol. The van der Waals surface area contributed by atoms with E-state index in [2.05, 4.69) is 9.88 Å². The Hall–Kier alpha value is -1.33. The highest BCUT2D eigenvalue weighted by atomic mass is 16.7. The van der Waals surface area contributed by atoms with Crippen LogP contribution in [0.5, 0.6) is 0 Å². The lowest BCUT2D eigenvalue weighted by molar-refractivity contribution is -0.169. The van der Waals surface area contributed by atoms with Gasteiger partial charge in [0.25, 0.3) is 0 Å². The molecule has 1 aromatic rings. The molecule has 5 nitrogen and oxygen atoms in total. The van der Waals surface area contributed by atoms with Gasteiger partial charge in [-0.3, -0.25) is 0 Å². The number of nitrogen functional groups attached to an aromatic ring is 1. The molecule has 0 radical (unpaired) electrons. The van der Waals surface area contributed by atoms with E-state index in [0.29, 0.717) is 13.2 Å². The van der Waals surface area contributed by atoms with Crippen LogP contribution in [0.1, 0.15) is 18.4 Å². The quantitative estimate of drug-likeness (QED) is 0.813. The van der Waals surface area contributed by atoms with Gasteiger partial charge in [-0.15, -0.1) is 0 Å². The Labute approximate surface area is 107 Å². The van der Waals surface area contributed by atoms with Gasteiger partial charge in [-0.05, 0) is 18.6 Å². The summed E-state index contributed by atoms with van der Waals surface area (Å²) in [4.78, 5) is 6.65. The average molecular weight is 249 g/mol. The Bertz CT molecular complexity index is 434. The van der Waals surface area contributed by atoms with Gasteiger partial charge in [0.15, 0.2) is 11.6 Å². The molecule has 3 rings (SSSR count). The number of aromatic nitrogens is 1.